The highest BCUT2D eigenvalue weighted by molar-refractivity contribution is 5.44. The first-order valence-electron chi connectivity index (χ1n) is 6.53. The maximum atomic E-state index is 5.99. The predicted octanol–water partition coefficient (Wildman–Crippen LogP) is 3.38. The van der Waals surface area contributed by atoms with Gasteiger partial charge in [0.25, 0.3) is 0 Å². The van der Waals surface area contributed by atoms with E-state index in [0.717, 1.165) is 25.3 Å². The van der Waals surface area contributed by atoms with Gasteiger partial charge in [-0.3, -0.25) is 0 Å². The molecule has 17 heavy (non-hydrogen) atoms. The predicted molar refractivity (Wildman–Crippen MR) is 73.9 cm³/mol. The smallest absolute Gasteiger partial charge is 0.125 e. The molecule has 0 fully saturated rings. The number of hydrogen-bond acceptors (Lipinski definition) is 2. The van der Waals surface area contributed by atoms with Crippen LogP contribution in [0.5, 0.6) is 5.75 Å². The number of hydrogen-bond donors (Lipinski definition) is 1. The zero-order valence-corrected chi connectivity index (χ0v) is 11.8. The number of nitrogens with one attached hydrogen (secondary N) is 1. The number of likely N-dealkylation sites (N-methyl/N-ethyl adjacent to an activating group) is 1. The first kappa shape index (κ1) is 14.0. The molecule has 1 unspecified atom stereocenters. The lowest BCUT2D eigenvalue weighted by molar-refractivity contribution is 0.259. The van der Waals surface area contributed by atoms with E-state index in [9.17, 15) is 0 Å². The molecule has 0 amide bonds. The minimum absolute atomic E-state index is 0.444. The number of aryl methyl sites for hydroxylation is 2. The highest BCUT2D eigenvalue weighted by atomic mass is 16.5. The topological polar surface area (TPSA) is 21.3 Å². The monoisotopic (exact) mass is 235 g/mol. The van der Waals surface area contributed by atoms with Gasteiger partial charge in [-0.1, -0.05) is 26.0 Å². The lowest BCUT2D eigenvalue weighted by Crippen LogP contribution is -2.34. The average Bonchev–Trinajstić information content (AvgIpc) is 2.32. The van der Waals surface area contributed by atoms with Crippen LogP contribution in [0, 0.1) is 20.8 Å². The number of benzene rings is 1. The molecule has 2 nitrogen and oxygen atoms in total. The van der Waals surface area contributed by atoms with Crippen LogP contribution in [-0.2, 0) is 0 Å². The van der Waals surface area contributed by atoms with Gasteiger partial charge in [0.05, 0.1) is 0 Å². The molecule has 0 aromatic heterocycles. The summed E-state index contributed by atoms with van der Waals surface area (Å²) in [7, 11) is 0. The fourth-order valence-electron chi connectivity index (χ4n) is 1.94. The van der Waals surface area contributed by atoms with Gasteiger partial charge in [0, 0.05) is 6.04 Å². The Kier molecular flexibility index (Phi) is 5.49. The van der Waals surface area contributed by atoms with Gasteiger partial charge in [-0.15, -0.1) is 0 Å². The van der Waals surface area contributed by atoms with Crippen molar-refractivity contribution in [3.63, 3.8) is 0 Å². The molecular formula is C15H25NO. The van der Waals surface area contributed by atoms with Crippen molar-refractivity contribution >= 4 is 0 Å². The molecule has 0 aliphatic carbocycles. The van der Waals surface area contributed by atoms with Crippen LogP contribution in [0.1, 0.15) is 37.0 Å². The Morgan fingerprint density at radius 2 is 1.76 bits per heavy atom. The average molecular weight is 235 g/mol. The number of ether oxygens (including phenoxy) is 1. The molecule has 0 aliphatic heterocycles. The van der Waals surface area contributed by atoms with Crippen molar-refractivity contribution in [3.05, 3.63) is 28.8 Å². The summed E-state index contributed by atoms with van der Waals surface area (Å²) in [5.74, 6) is 1.06. The molecule has 0 radical (unpaired) electrons. The highest BCUT2D eigenvalue weighted by Crippen LogP contribution is 2.25. The van der Waals surface area contributed by atoms with Crippen LogP contribution in [0.25, 0.3) is 0 Å². The van der Waals surface area contributed by atoms with Gasteiger partial charge >= 0.3 is 0 Å². The van der Waals surface area contributed by atoms with E-state index >= 15 is 0 Å². The molecule has 1 aromatic rings. The van der Waals surface area contributed by atoms with Crippen LogP contribution in [0.15, 0.2) is 12.1 Å². The van der Waals surface area contributed by atoms with Gasteiger partial charge in [0.15, 0.2) is 0 Å². The van der Waals surface area contributed by atoms with Gasteiger partial charge < -0.3 is 10.1 Å². The summed E-state index contributed by atoms with van der Waals surface area (Å²) in [6.07, 6.45) is 1.09. The van der Waals surface area contributed by atoms with Crippen molar-refractivity contribution < 1.29 is 4.74 Å². The fourth-order valence-corrected chi connectivity index (χ4v) is 1.94. The normalized spacial score (nSPS) is 12.5. The second kappa shape index (κ2) is 6.65. The quantitative estimate of drug-likeness (QED) is 0.816. The molecule has 0 aliphatic rings. The standard InChI is InChI=1S/C15H25NO/c1-6-14(16-7-2)10-17-15-12(4)9-8-11(3)13(15)5/h8-9,14,16H,6-7,10H2,1-5H3. The molecule has 0 saturated heterocycles. The maximum Gasteiger partial charge on any atom is 0.125 e. The van der Waals surface area contributed by atoms with Crippen LogP contribution in [0.4, 0.5) is 0 Å². The lowest BCUT2D eigenvalue weighted by Gasteiger charge is -2.19. The Bertz CT molecular complexity index is 360. The van der Waals surface area contributed by atoms with E-state index in [1.807, 2.05) is 0 Å². The van der Waals surface area contributed by atoms with Crippen LogP contribution < -0.4 is 10.1 Å². The molecule has 0 saturated carbocycles. The molecular weight excluding hydrogens is 210 g/mol. The molecule has 2 heteroatoms. The third kappa shape index (κ3) is 3.74. The molecule has 1 N–H and O–H groups in total. The summed E-state index contributed by atoms with van der Waals surface area (Å²) in [6.45, 7) is 12.4. The van der Waals surface area contributed by atoms with E-state index in [2.05, 4.69) is 52.1 Å². The summed E-state index contributed by atoms with van der Waals surface area (Å²) in [5, 5.41) is 3.43. The second-order valence-corrected chi connectivity index (χ2v) is 4.63. The first-order chi connectivity index (χ1) is 8.10. The fraction of sp³-hybridized carbons (Fsp3) is 0.600. The molecule has 1 atom stereocenters. The Balaban J connectivity index is 2.71. The molecule has 0 bridgehead atoms. The van der Waals surface area contributed by atoms with Crippen LogP contribution in [0.3, 0.4) is 0 Å². The zero-order chi connectivity index (χ0) is 12.8. The maximum absolute atomic E-state index is 5.99. The first-order valence-corrected chi connectivity index (χ1v) is 6.53. The van der Waals surface area contributed by atoms with Gasteiger partial charge in [-0.2, -0.15) is 0 Å². The van der Waals surface area contributed by atoms with Crippen molar-refractivity contribution in [2.24, 2.45) is 0 Å². The van der Waals surface area contributed by atoms with Crippen molar-refractivity contribution in [3.8, 4) is 5.75 Å². The van der Waals surface area contributed by atoms with Crippen molar-refractivity contribution in [2.75, 3.05) is 13.2 Å². The Morgan fingerprint density at radius 3 is 2.35 bits per heavy atom. The lowest BCUT2D eigenvalue weighted by atomic mass is 10.1. The Morgan fingerprint density at radius 1 is 1.12 bits per heavy atom. The molecule has 1 rings (SSSR count). The van der Waals surface area contributed by atoms with E-state index in [1.54, 1.807) is 0 Å². The molecule has 0 spiro atoms. The highest BCUT2D eigenvalue weighted by Gasteiger charge is 2.09. The summed E-state index contributed by atoms with van der Waals surface area (Å²) in [4.78, 5) is 0. The summed E-state index contributed by atoms with van der Waals surface area (Å²) >= 11 is 0. The Hall–Kier alpha value is -1.02. The van der Waals surface area contributed by atoms with E-state index in [4.69, 9.17) is 4.74 Å². The minimum atomic E-state index is 0.444. The summed E-state index contributed by atoms with van der Waals surface area (Å²) in [6, 6.07) is 4.73. The SMILES string of the molecule is CCNC(CC)COc1c(C)ccc(C)c1C. The molecule has 96 valence electrons. The van der Waals surface area contributed by atoms with E-state index < -0.39 is 0 Å². The zero-order valence-electron chi connectivity index (χ0n) is 11.8. The summed E-state index contributed by atoms with van der Waals surface area (Å²) in [5.41, 5.74) is 3.78. The summed E-state index contributed by atoms with van der Waals surface area (Å²) < 4.78 is 5.99. The second-order valence-electron chi connectivity index (χ2n) is 4.63. The van der Waals surface area contributed by atoms with Gasteiger partial charge in [-0.05, 0) is 50.4 Å². The van der Waals surface area contributed by atoms with E-state index in [0.29, 0.717) is 6.04 Å². The Labute approximate surface area is 105 Å². The minimum Gasteiger partial charge on any atom is -0.491 e. The third-order valence-electron chi connectivity index (χ3n) is 3.29. The largest absolute Gasteiger partial charge is 0.491 e. The molecule has 0 heterocycles. The number of rotatable bonds is 6. The van der Waals surface area contributed by atoms with Crippen LogP contribution >= 0.6 is 0 Å². The third-order valence-corrected chi connectivity index (χ3v) is 3.29. The van der Waals surface area contributed by atoms with Gasteiger partial charge in [0.1, 0.15) is 12.4 Å². The van der Waals surface area contributed by atoms with Gasteiger partial charge in [0.2, 0.25) is 0 Å². The van der Waals surface area contributed by atoms with E-state index in [1.165, 1.54) is 16.7 Å². The van der Waals surface area contributed by atoms with Crippen LogP contribution in [-0.4, -0.2) is 19.2 Å². The van der Waals surface area contributed by atoms with Crippen molar-refractivity contribution in [2.45, 2.75) is 47.1 Å². The van der Waals surface area contributed by atoms with E-state index in [-0.39, 0.29) is 0 Å². The van der Waals surface area contributed by atoms with Crippen molar-refractivity contribution in [1.29, 1.82) is 0 Å². The van der Waals surface area contributed by atoms with Gasteiger partial charge in [-0.25, -0.2) is 0 Å². The molecule has 1 aromatic carbocycles. The van der Waals surface area contributed by atoms with Crippen molar-refractivity contribution in [1.82, 2.24) is 5.32 Å². The van der Waals surface area contributed by atoms with Crippen LogP contribution in [0.2, 0.25) is 0 Å².